The van der Waals surface area contributed by atoms with Crippen LogP contribution in [0.1, 0.15) is 5.56 Å². The monoisotopic (exact) mass is 449 g/mol. The van der Waals surface area contributed by atoms with Gasteiger partial charge in [-0.15, -0.1) is 0 Å². The summed E-state index contributed by atoms with van der Waals surface area (Å²) < 4.78 is 67.6. The highest BCUT2D eigenvalue weighted by Gasteiger charge is 2.44. The lowest BCUT2D eigenvalue weighted by Gasteiger charge is -2.18. The van der Waals surface area contributed by atoms with E-state index in [9.17, 15) is 22.1 Å². The van der Waals surface area contributed by atoms with Gasteiger partial charge in [0.15, 0.2) is 0 Å². The van der Waals surface area contributed by atoms with E-state index in [-0.39, 0.29) is 16.4 Å². The first kappa shape index (κ1) is 21.5. The van der Waals surface area contributed by atoms with E-state index >= 15 is 0 Å². The smallest absolute Gasteiger partial charge is 0.461 e. The van der Waals surface area contributed by atoms with Crippen molar-refractivity contribution in [3.8, 4) is 5.75 Å². The molecule has 0 saturated carbocycles. The molecule has 3 aromatic rings. The predicted octanol–water partition coefficient (Wildman–Crippen LogP) is 4.83. The maximum absolute atomic E-state index is 13.1. The number of alkyl halides is 4. The van der Waals surface area contributed by atoms with E-state index in [2.05, 4.69) is 14.7 Å². The van der Waals surface area contributed by atoms with Crippen molar-refractivity contribution in [2.24, 2.45) is 0 Å². The van der Waals surface area contributed by atoms with E-state index < -0.39 is 29.5 Å². The fourth-order valence-electron chi connectivity index (χ4n) is 2.65. The van der Waals surface area contributed by atoms with Gasteiger partial charge in [-0.25, -0.2) is 0 Å². The van der Waals surface area contributed by atoms with Gasteiger partial charge in [-0.3, -0.25) is 4.98 Å². The summed E-state index contributed by atoms with van der Waals surface area (Å²) in [5, 5.41) is 0.608. The number of aromatic amines is 1. The molecule has 0 amide bonds. The van der Waals surface area contributed by atoms with Crippen molar-refractivity contribution in [2.75, 3.05) is 19.0 Å². The van der Waals surface area contributed by atoms with Crippen molar-refractivity contribution in [3.63, 3.8) is 0 Å². The van der Waals surface area contributed by atoms with Crippen LogP contribution >= 0.6 is 11.6 Å². The molecule has 1 N–H and O–H groups in total. The normalized spacial score (nSPS) is 13.1. The summed E-state index contributed by atoms with van der Waals surface area (Å²) in [5.41, 5.74) is 2.14. The van der Waals surface area contributed by atoms with E-state index in [1.54, 1.807) is 18.2 Å². The van der Waals surface area contributed by atoms with E-state index in [1.165, 1.54) is 6.07 Å². The van der Waals surface area contributed by atoms with Crippen molar-refractivity contribution >= 4 is 39.5 Å². The molecule has 5 nitrogen and oxygen atoms in total. The Hall–Kier alpha value is -2.17. The molecule has 0 aliphatic heterocycles. The Kier molecular flexibility index (Phi) is 6.16. The molecule has 0 radical (unpaired) electrons. The second-order valence-electron chi connectivity index (χ2n) is 6.34. The number of anilines is 1. The number of nitrogens with one attached hydrogen (secondary N) is 1. The lowest BCUT2D eigenvalue weighted by molar-refractivity contribution is -0.253. The number of hydrogen-bond acceptors (Lipinski definition) is 4. The average molecular weight is 450 g/mol. The maximum atomic E-state index is 13.1. The van der Waals surface area contributed by atoms with Gasteiger partial charge >= 0.3 is 17.7 Å². The number of imidazole rings is 1. The molecule has 1 atom stereocenters. The second-order valence-corrected chi connectivity index (χ2v) is 8.15. The first-order chi connectivity index (χ1) is 13.6. The molecule has 11 heteroatoms. The highest BCUT2D eigenvalue weighted by molar-refractivity contribution is 7.90. The molecule has 1 aromatic heterocycles. The Morgan fingerprint density at radius 1 is 1.24 bits per heavy atom. The maximum Gasteiger partial charge on any atom is 0.461 e. The molecule has 156 valence electrons. The summed E-state index contributed by atoms with van der Waals surface area (Å²) in [6, 6.07) is 8.75. The molecular weight excluding hydrogens is 434 g/mol. The largest absolute Gasteiger partial charge is 0.609 e. The van der Waals surface area contributed by atoms with Crippen LogP contribution in [0.25, 0.3) is 11.0 Å². The average Bonchev–Trinajstić information content (AvgIpc) is 3.04. The van der Waals surface area contributed by atoms with Gasteiger partial charge in [0.05, 0.1) is 11.0 Å². The van der Waals surface area contributed by atoms with Crippen LogP contribution in [0, 0.1) is 0 Å². The molecule has 0 bridgehead atoms. The van der Waals surface area contributed by atoms with Gasteiger partial charge in [0, 0.05) is 47.6 Å². The van der Waals surface area contributed by atoms with Crippen molar-refractivity contribution in [1.29, 1.82) is 0 Å². The van der Waals surface area contributed by atoms with Crippen molar-refractivity contribution in [2.45, 2.75) is 23.4 Å². The Morgan fingerprint density at radius 3 is 2.62 bits per heavy atom. The fourth-order valence-corrected chi connectivity index (χ4v) is 3.92. The summed E-state index contributed by atoms with van der Waals surface area (Å²) in [4.78, 5) is 8.82. The van der Waals surface area contributed by atoms with Crippen LogP contribution in [0.4, 0.5) is 23.2 Å². The van der Waals surface area contributed by atoms with Crippen LogP contribution in [-0.4, -0.2) is 41.2 Å². The zero-order valence-electron chi connectivity index (χ0n) is 15.3. The Balaban J connectivity index is 1.84. The first-order valence-electron chi connectivity index (χ1n) is 8.25. The number of fused-ring (bicyclic) bond motifs is 1. The Labute approximate surface area is 171 Å². The minimum absolute atomic E-state index is 0.112. The quantitative estimate of drug-likeness (QED) is 0.414. The number of rotatable bonds is 7. The lowest BCUT2D eigenvalue weighted by atomic mass is 10.2. The Bertz CT molecular complexity index is 1020. The molecule has 0 fully saturated rings. The van der Waals surface area contributed by atoms with Crippen molar-refractivity contribution < 1.29 is 26.9 Å². The van der Waals surface area contributed by atoms with Crippen molar-refractivity contribution in [1.82, 2.24) is 9.97 Å². The topological polar surface area (TPSA) is 64.2 Å². The number of benzene rings is 2. The van der Waals surface area contributed by atoms with Crippen molar-refractivity contribution in [3.05, 3.63) is 47.0 Å². The van der Waals surface area contributed by atoms with Gasteiger partial charge in [-0.1, -0.05) is 11.6 Å². The molecule has 1 heterocycles. The molecule has 0 spiro atoms. The molecule has 0 aliphatic carbocycles. The van der Waals surface area contributed by atoms with E-state index in [1.807, 2.05) is 19.0 Å². The van der Waals surface area contributed by atoms with E-state index in [0.717, 1.165) is 23.4 Å². The molecular formula is C18H16ClF4N3O2S. The number of H-pyrrole nitrogens is 1. The van der Waals surface area contributed by atoms with Crippen LogP contribution in [0.5, 0.6) is 5.75 Å². The molecule has 29 heavy (non-hydrogen) atoms. The summed E-state index contributed by atoms with van der Waals surface area (Å²) in [5.74, 6) is -0.364. The second kappa shape index (κ2) is 8.29. The van der Waals surface area contributed by atoms with E-state index in [0.29, 0.717) is 10.5 Å². The Morgan fingerprint density at radius 2 is 1.97 bits per heavy atom. The third kappa shape index (κ3) is 4.88. The van der Waals surface area contributed by atoms with Gasteiger partial charge in [0.2, 0.25) is 0 Å². The lowest BCUT2D eigenvalue weighted by Crippen LogP contribution is -2.33. The number of nitrogens with zero attached hydrogens (tertiary/aromatic N) is 2. The molecule has 0 aliphatic rings. The minimum atomic E-state index is -4.62. The third-order valence-electron chi connectivity index (χ3n) is 3.97. The molecule has 0 saturated heterocycles. The minimum Gasteiger partial charge on any atom is -0.609 e. The zero-order valence-corrected chi connectivity index (χ0v) is 16.8. The fraction of sp³-hybridized carbons (Fsp3) is 0.278. The number of aromatic nitrogens is 2. The van der Waals surface area contributed by atoms with Crippen LogP contribution in [0.15, 0.2) is 41.6 Å². The predicted molar refractivity (Wildman–Crippen MR) is 104 cm³/mol. The number of ether oxygens (including phenoxy) is 1. The van der Waals surface area contributed by atoms with E-state index in [4.69, 9.17) is 11.6 Å². The van der Waals surface area contributed by atoms with Crippen LogP contribution < -0.4 is 9.64 Å². The van der Waals surface area contributed by atoms with Crippen LogP contribution in [-0.2, 0) is 16.9 Å². The van der Waals surface area contributed by atoms with Gasteiger partial charge in [-0.05, 0) is 30.3 Å². The zero-order chi connectivity index (χ0) is 21.3. The van der Waals surface area contributed by atoms with Crippen LogP contribution in [0.3, 0.4) is 0 Å². The summed E-state index contributed by atoms with van der Waals surface area (Å²) >= 11 is 4.44. The number of halogens is 5. The van der Waals surface area contributed by atoms with Gasteiger partial charge in [0.1, 0.15) is 11.5 Å². The molecule has 1 unspecified atom stereocenters. The summed E-state index contributed by atoms with van der Waals surface area (Å²) in [7, 11) is 3.68. The number of hydrogen-bond donors (Lipinski definition) is 1. The summed E-state index contributed by atoms with van der Waals surface area (Å²) in [6.07, 6.45) is -8.59. The van der Waals surface area contributed by atoms with Crippen LogP contribution in [0.2, 0.25) is 5.02 Å². The van der Waals surface area contributed by atoms with Gasteiger partial charge < -0.3 is 14.2 Å². The SMILES string of the molecule is CN(C)c1ccc(Cl)cc1C[S+]([O-])c1nc2cc(OC(F)(F)C(F)F)ccc2[nH]1. The van der Waals surface area contributed by atoms with Gasteiger partial charge in [0.25, 0.3) is 0 Å². The molecule has 3 rings (SSSR count). The highest BCUT2D eigenvalue weighted by Crippen LogP contribution is 2.30. The summed E-state index contributed by atoms with van der Waals surface area (Å²) in [6.45, 7) is 0. The standard InChI is InChI=1S/C18H16ClF4N3O2S/c1-26(2)15-6-3-11(19)7-10(15)9-29(27)17-24-13-5-4-12(8-14(13)25-17)28-18(22,23)16(20)21/h3-8,16H,9H2,1-2H3,(H,24,25). The third-order valence-corrected chi connectivity index (χ3v) is 5.40. The molecule has 2 aromatic carbocycles. The highest BCUT2D eigenvalue weighted by atomic mass is 35.5. The van der Waals surface area contributed by atoms with Gasteiger partial charge in [-0.2, -0.15) is 22.5 Å². The first-order valence-corrected chi connectivity index (χ1v) is 9.95.